The lowest BCUT2D eigenvalue weighted by atomic mass is 9.77. The summed E-state index contributed by atoms with van der Waals surface area (Å²) in [6.45, 7) is 0.954. The van der Waals surface area contributed by atoms with E-state index in [2.05, 4.69) is 10.6 Å². The molecule has 0 aliphatic carbocycles. The Morgan fingerprint density at radius 3 is 2.51 bits per heavy atom. The molecule has 8 nitrogen and oxygen atoms in total. The molecule has 0 saturated heterocycles. The first-order chi connectivity index (χ1) is 18.1. The molecule has 3 heterocycles. The summed E-state index contributed by atoms with van der Waals surface area (Å²) in [5, 5.41) is 7.91. The average Bonchev–Trinajstić information content (AvgIpc) is 3.59. The summed E-state index contributed by atoms with van der Waals surface area (Å²) >= 11 is 0. The fourth-order valence-corrected chi connectivity index (χ4v) is 5.51. The molecule has 0 aromatic heterocycles. The van der Waals surface area contributed by atoms with Gasteiger partial charge in [0.1, 0.15) is 17.8 Å². The topological polar surface area (TPSA) is 89.1 Å². The van der Waals surface area contributed by atoms with Crippen molar-refractivity contribution < 1.29 is 23.8 Å². The Morgan fingerprint density at radius 2 is 1.62 bits per heavy atom. The Balaban J connectivity index is 1.09. The molecule has 0 radical (unpaired) electrons. The number of fused-ring (bicyclic) bond motifs is 6. The number of carbonyl (C=O) groups excluding carboxylic acids is 2. The summed E-state index contributed by atoms with van der Waals surface area (Å²) < 4.78 is 17.1. The van der Waals surface area contributed by atoms with Crippen molar-refractivity contribution in [2.45, 2.75) is 5.41 Å². The number of anilines is 2. The number of amides is 3. The van der Waals surface area contributed by atoms with Gasteiger partial charge in [0.2, 0.25) is 12.7 Å². The lowest BCUT2D eigenvalue weighted by Crippen LogP contribution is -2.45. The van der Waals surface area contributed by atoms with Crippen LogP contribution in [-0.2, 0) is 10.2 Å². The number of hydrogen-bond donors (Lipinski definition) is 2. The maximum absolute atomic E-state index is 14.0. The minimum atomic E-state index is -0.958. The van der Waals surface area contributed by atoms with Crippen LogP contribution in [0.5, 0.6) is 17.2 Å². The van der Waals surface area contributed by atoms with Crippen molar-refractivity contribution in [2.24, 2.45) is 0 Å². The predicted molar refractivity (Wildman–Crippen MR) is 139 cm³/mol. The molecule has 0 bridgehead atoms. The first-order valence-corrected chi connectivity index (χ1v) is 12.2. The Labute approximate surface area is 212 Å². The highest BCUT2D eigenvalue weighted by atomic mass is 16.7. The van der Waals surface area contributed by atoms with Crippen molar-refractivity contribution in [2.75, 3.05) is 36.7 Å². The van der Waals surface area contributed by atoms with Gasteiger partial charge in [-0.05, 0) is 40.6 Å². The van der Waals surface area contributed by atoms with Gasteiger partial charge < -0.3 is 29.7 Å². The largest absolute Gasteiger partial charge is 0.491 e. The zero-order valence-corrected chi connectivity index (χ0v) is 19.8. The van der Waals surface area contributed by atoms with Crippen LogP contribution in [0.2, 0.25) is 0 Å². The molecule has 0 fully saturated rings. The third-order valence-electron chi connectivity index (χ3n) is 7.27. The number of nitrogens with one attached hydrogen (secondary N) is 2. The fraction of sp³-hybridized carbons (Fsp3) is 0.172. The summed E-state index contributed by atoms with van der Waals surface area (Å²) in [5.41, 5.74) is 2.23. The summed E-state index contributed by atoms with van der Waals surface area (Å²) in [7, 11) is 0. The summed E-state index contributed by atoms with van der Waals surface area (Å²) in [6.07, 6.45) is 0. The molecule has 3 aliphatic rings. The van der Waals surface area contributed by atoms with Crippen LogP contribution >= 0.6 is 0 Å². The Morgan fingerprint density at radius 1 is 0.838 bits per heavy atom. The van der Waals surface area contributed by atoms with Crippen LogP contribution in [0.1, 0.15) is 11.1 Å². The number of carbonyl (C=O) groups is 2. The van der Waals surface area contributed by atoms with E-state index < -0.39 is 5.41 Å². The van der Waals surface area contributed by atoms with E-state index in [-0.39, 0.29) is 31.9 Å². The van der Waals surface area contributed by atoms with E-state index in [4.69, 9.17) is 14.2 Å². The maximum Gasteiger partial charge on any atom is 0.319 e. The molecule has 4 aromatic carbocycles. The van der Waals surface area contributed by atoms with Crippen molar-refractivity contribution in [3.05, 3.63) is 90.0 Å². The molecular formula is C29H23N3O5. The first-order valence-electron chi connectivity index (χ1n) is 12.2. The van der Waals surface area contributed by atoms with Gasteiger partial charge in [-0.2, -0.15) is 0 Å². The Hall–Kier alpha value is -4.72. The molecule has 1 unspecified atom stereocenters. The monoisotopic (exact) mass is 493 g/mol. The molecule has 1 atom stereocenters. The summed E-state index contributed by atoms with van der Waals surface area (Å²) in [6, 6.07) is 24.8. The lowest BCUT2D eigenvalue weighted by molar-refractivity contribution is -0.122. The molecule has 184 valence electrons. The molecular weight excluding hydrogens is 470 g/mol. The SMILES string of the molecule is O=C(NCCN1C(=O)C2(COc3cc4c(cc32)OCO4)c2ccccc21)Nc1ccc2ccccc2c1. The second kappa shape index (κ2) is 8.16. The van der Waals surface area contributed by atoms with Crippen LogP contribution in [0.3, 0.4) is 0 Å². The highest BCUT2D eigenvalue weighted by Crippen LogP contribution is 2.54. The van der Waals surface area contributed by atoms with Crippen LogP contribution in [0, 0.1) is 0 Å². The maximum atomic E-state index is 14.0. The van der Waals surface area contributed by atoms with Gasteiger partial charge in [0.25, 0.3) is 0 Å². The third-order valence-corrected chi connectivity index (χ3v) is 7.27. The number of benzene rings is 4. The molecule has 0 saturated carbocycles. The highest BCUT2D eigenvalue weighted by Gasteiger charge is 2.57. The normalized spacial score (nSPS) is 18.6. The van der Waals surface area contributed by atoms with E-state index in [0.29, 0.717) is 29.5 Å². The molecule has 3 aliphatic heterocycles. The van der Waals surface area contributed by atoms with E-state index >= 15 is 0 Å². The van der Waals surface area contributed by atoms with Crippen LogP contribution < -0.4 is 29.7 Å². The van der Waals surface area contributed by atoms with Crippen LogP contribution in [0.4, 0.5) is 16.2 Å². The molecule has 7 rings (SSSR count). The zero-order valence-electron chi connectivity index (χ0n) is 19.8. The van der Waals surface area contributed by atoms with Gasteiger partial charge in [-0.3, -0.25) is 4.79 Å². The van der Waals surface area contributed by atoms with Gasteiger partial charge in [-0.15, -0.1) is 0 Å². The van der Waals surface area contributed by atoms with E-state index in [0.717, 1.165) is 27.6 Å². The van der Waals surface area contributed by atoms with Crippen molar-refractivity contribution in [3.63, 3.8) is 0 Å². The molecule has 3 amide bonds. The van der Waals surface area contributed by atoms with E-state index in [1.807, 2.05) is 72.8 Å². The smallest absolute Gasteiger partial charge is 0.319 e. The van der Waals surface area contributed by atoms with Gasteiger partial charge in [0.05, 0.1) is 0 Å². The van der Waals surface area contributed by atoms with Gasteiger partial charge >= 0.3 is 6.03 Å². The van der Waals surface area contributed by atoms with Crippen LogP contribution in [-0.4, -0.2) is 38.4 Å². The van der Waals surface area contributed by atoms with Crippen LogP contribution in [0.25, 0.3) is 10.8 Å². The number of ether oxygens (including phenoxy) is 3. The Kier molecular flexibility index (Phi) is 4.75. The number of urea groups is 1. The number of nitrogens with zero attached hydrogens (tertiary/aromatic N) is 1. The first kappa shape index (κ1) is 21.6. The zero-order chi connectivity index (χ0) is 25.0. The molecule has 37 heavy (non-hydrogen) atoms. The molecule has 2 N–H and O–H groups in total. The van der Waals surface area contributed by atoms with Crippen molar-refractivity contribution in [1.29, 1.82) is 0 Å². The molecule has 8 heteroatoms. The van der Waals surface area contributed by atoms with Crippen LogP contribution in [0.15, 0.2) is 78.9 Å². The summed E-state index contributed by atoms with van der Waals surface area (Å²) in [4.78, 5) is 28.3. The second-order valence-corrected chi connectivity index (χ2v) is 9.31. The molecule has 1 spiro atoms. The minimum absolute atomic E-state index is 0.0805. The lowest BCUT2D eigenvalue weighted by Gasteiger charge is -2.23. The van der Waals surface area contributed by atoms with E-state index in [1.54, 1.807) is 11.0 Å². The minimum Gasteiger partial charge on any atom is -0.491 e. The Bertz CT molecular complexity index is 1590. The van der Waals surface area contributed by atoms with Crippen molar-refractivity contribution in [1.82, 2.24) is 5.32 Å². The number of para-hydroxylation sites is 1. The van der Waals surface area contributed by atoms with Crippen molar-refractivity contribution in [3.8, 4) is 17.2 Å². The number of rotatable bonds is 4. The van der Waals surface area contributed by atoms with E-state index in [1.165, 1.54) is 0 Å². The fourth-order valence-electron chi connectivity index (χ4n) is 5.51. The van der Waals surface area contributed by atoms with Gasteiger partial charge in [-0.1, -0.05) is 48.5 Å². The predicted octanol–water partition coefficient (Wildman–Crippen LogP) is 4.42. The number of hydrogen-bond acceptors (Lipinski definition) is 5. The third kappa shape index (κ3) is 3.29. The van der Waals surface area contributed by atoms with Gasteiger partial charge in [0, 0.05) is 36.1 Å². The molecule has 4 aromatic rings. The quantitative estimate of drug-likeness (QED) is 0.440. The van der Waals surface area contributed by atoms with Gasteiger partial charge in [0.15, 0.2) is 11.5 Å². The highest BCUT2D eigenvalue weighted by molar-refractivity contribution is 6.11. The summed E-state index contributed by atoms with van der Waals surface area (Å²) in [5.74, 6) is 1.78. The second-order valence-electron chi connectivity index (χ2n) is 9.31. The van der Waals surface area contributed by atoms with E-state index in [9.17, 15) is 9.59 Å². The standard InChI is InChI=1S/C29H23N3O5/c33-27-29(16-35-24-15-26-25(14-22(24)29)36-17-37-26)21-7-3-4-8-23(21)32(27)12-11-30-28(34)31-20-10-9-18-5-1-2-6-19(18)13-20/h1-10,13-15H,11-12,16-17H2,(H2,30,31,34). The average molecular weight is 494 g/mol. The van der Waals surface area contributed by atoms with Gasteiger partial charge in [-0.25, -0.2) is 4.79 Å². The van der Waals surface area contributed by atoms with Crippen molar-refractivity contribution >= 4 is 34.1 Å².